The van der Waals surface area contributed by atoms with Gasteiger partial charge in [0.25, 0.3) is 0 Å². The summed E-state index contributed by atoms with van der Waals surface area (Å²) < 4.78 is 5.60. The summed E-state index contributed by atoms with van der Waals surface area (Å²) in [5.74, 6) is -1.72. The number of carboxylic acids is 1. The second-order valence-corrected chi connectivity index (χ2v) is 8.46. The first-order chi connectivity index (χ1) is 17.0. The van der Waals surface area contributed by atoms with Crippen LogP contribution in [0, 0.1) is 0 Å². The molecule has 0 saturated heterocycles. The van der Waals surface area contributed by atoms with Crippen molar-refractivity contribution in [3.8, 4) is 11.1 Å². The smallest absolute Gasteiger partial charge is 0.407 e. The van der Waals surface area contributed by atoms with Crippen LogP contribution in [0.15, 0.2) is 61.1 Å². The second-order valence-electron chi connectivity index (χ2n) is 8.46. The molecular formula is C26H28N4O5. The molecule has 1 heterocycles. The third kappa shape index (κ3) is 5.51. The molecule has 0 spiro atoms. The van der Waals surface area contributed by atoms with Crippen LogP contribution >= 0.6 is 0 Å². The maximum atomic E-state index is 13.2. The number of hydrogen-bond acceptors (Lipinski definition) is 5. The number of ether oxygens (including phenoxy) is 1. The van der Waals surface area contributed by atoms with Crippen LogP contribution in [0.3, 0.4) is 0 Å². The van der Waals surface area contributed by atoms with Gasteiger partial charge < -0.3 is 25.0 Å². The predicted octanol–water partition coefficient (Wildman–Crippen LogP) is 3.18. The molecule has 0 bridgehead atoms. The normalized spacial score (nSPS) is 12.9. The fourth-order valence-corrected chi connectivity index (χ4v) is 4.52. The van der Waals surface area contributed by atoms with E-state index >= 15 is 0 Å². The number of aliphatic carboxylic acids is 1. The minimum atomic E-state index is -1.12. The molecule has 0 fully saturated rings. The molecular weight excluding hydrogens is 448 g/mol. The lowest BCUT2D eigenvalue weighted by Gasteiger charge is -2.26. The molecule has 3 N–H and O–H groups in total. The molecule has 2 aromatic carbocycles. The third-order valence-corrected chi connectivity index (χ3v) is 6.04. The van der Waals surface area contributed by atoms with Gasteiger partial charge in [0, 0.05) is 30.8 Å². The summed E-state index contributed by atoms with van der Waals surface area (Å²) in [7, 11) is 0. The van der Waals surface area contributed by atoms with Gasteiger partial charge in [-0.2, -0.15) is 0 Å². The molecule has 0 radical (unpaired) electrons. The van der Waals surface area contributed by atoms with E-state index in [1.807, 2.05) is 43.3 Å². The summed E-state index contributed by atoms with van der Waals surface area (Å²) in [6, 6.07) is 15.0. The summed E-state index contributed by atoms with van der Waals surface area (Å²) in [6.07, 6.45) is 3.01. The highest BCUT2D eigenvalue weighted by Crippen LogP contribution is 2.44. The van der Waals surface area contributed by atoms with E-state index in [9.17, 15) is 19.5 Å². The van der Waals surface area contributed by atoms with Gasteiger partial charge in [-0.05, 0) is 28.7 Å². The Bertz CT molecular complexity index is 1150. The van der Waals surface area contributed by atoms with Gasteiger partial charge in [0.2, 0.25) is 5.91 Å². The maximum absolute atomic E-state index is 13.2. The van der Waals surface area contributed by atoms with Gasteiger partial charge in [-0.1, -0.05) is 55.5 Å². The van der Waals surface area contributed by atoms with Crippen molar-refractivity contribution in [3.05, 3.63) is 77.9 Å². The van der Waals surface area contributed by atoms with E-state index < -0.39 is 30.6 Å². The van der Waals surface area contributed by atoms with E-state index in [1.165, 1.54) is 11.2 Å². The molecule has 2 amide bonds. The highest BCUT2D eigenvalue weighted by atomic mass is 16.5. The quantitative estimate of drug-likeness (QED) is 0.413. The van der Waals surface area contributed by atoms with Crippen LogP contribution in [-0.4, -0.2) is 63.7 Å². The minimum absolute atomic E-state index is 0.110. The van der Waals surface area contributed by atoms with Gasteiger partial charge in [-0.25, -0.2) is 9.78 Å². The number of H-pyrrole nitrogens is 1. The van der Waals surface area contributed by atoms with E-state index in [1.54, 1.807) is 6.20 Å². The van der Waals surface area contributed by atoms with Gasteiger partial charge in [0.05, 0.1) is 6.33 Å². The van der Waals surface area contributed by atoms with E-state index in [0.29, 0.717) is 12.1 Å². The van der Waals surface area contributed by atoms with Crippen LogP contribution in [0.2, 0.25) is 0 Å². The number of carboxylic acid groups (broad SMARTS) is 1. The molecule has 9 heteroatoms. The van der Waals surface area contributed by atoms with Crippen LogP contribution in [0.1, 0.15) is 36.1 Å². The van der Waals surface area contributed by atoms with Crippen molar-refractivity contribution in [2.75, 3.05) is 19.7 Å². The van der Waals surface area contributed by atoms with Crippen molar-refractivity contribution in [1.29, 1.82) is 0 Å². The molecule has 9 nitrogen and oxygen atoms in total. The molecule has 1 aliphatic carbocycles. The lowest BCUT2D eigenvalue weighted by Crippen LogP contribution is -2.51. The first-order valence-electron chi connectivity index (χ1n) is 11.6. The molecule has 1 aliphatic rings. The second kappa shape index (κ2) is 10.9. The zero-order chi connectivity index (χ0) is 24.8. The summed E-state index contributed by atoms with van der Waals surface area (Å²) in [5.41, 5.74) is 5.04. The van der Waals surface area contributed by atoms with Crippen molar-refractivity contribution in [1.82, 2.24) is 20.2 Å². The number of carbonyl (C=O) groups excluding carboxylic acids is 2. The number of hydrogen-bond donors (Lipinski definition) is 3. The fraction of sp³-hybridized carbons (Fsp3) is 0.308. The summed E-state index contributed by atoms with van der Waals surface area (Å²) in [4.78, 5) is 45.4. The molecule has 1 aromatic heterocycles. The number of alkyl carbamates (subject to hydrolysis) is 1. The summed E-state index contributed by atoms with van der Waals surface area (Å²) in [5, 5.41) is 11.9. The zero-order valence-corrected chi connectivity index (χ0v) is 19.4. The number of fused-ring (bicyclic) bond motifs is 3. The molecule has 0 saturated carbocycles. The number of nitrogens with one attached hydrogen (secondary N) is 2. The number of amides is 2. The Morgan fingerprint density at radius 3 is 2.34 bits per heavy atom. The SMILES string of the molecule is CCCN(CC(=O)O)C(=O)C(Cc1cnc[nH]1)NC(=O)OCC1c2ccccc2-c2ccccc21. The van der Waals surface area contributed by atoms with E-state index in [4.69, 9.17) is 4.74 Å². The number of aromatic amines is 1. The van der Waals surface area contributed by atoms with Crippen LogP contribution in [0.4, 0.5) is 4.79 Å². The maximum Gasteiger partial charge on any atom is 0.407 e. The first-order valence-corrected chi connectivity index (χ1v) is 11.6. The van der Waals surface area contributed by atoms with Gasteiger partial charge >= 0.3 is 12.1 Å². The first kappa shape index (κ1) is 24.0. The van der Waals surface area contributed by atoms with E-state index in [0.717, 1.165) is 22.3 Å². The largest absolute Gasteiger partial charge is 0.480 e. The number of carbonyl (C=O) groups is 3. The van der Waals surface area contributed by atoms with Crippen LogP contribution in [0.5, 0.6) is 0 Å². The summed E-state index contributed by atoms with van der Waals surface area (Å²) >= 11 is 0. The van der Waals surface area contributed by atoms with Crippen molar-refractivity contribution < 1.29 is 24.2 Å². The number of nitrogens with zero attached hydrogens (tertiary/aromatic N) is 2. The molecule has 1 unspecified atom stereocenters. The van der Waals surface area contributed by atoms with Gasteiger partial charge in [-0.3, -0.25) is 9.59 Å². The van der Waals surface area contributed by atoms with Crippen LogP contribution in [-0.2, 0) is 20.7 Å². The van der Waals surface area contributed by atoms with Crippen LogP contribution in [0.25, 0.3) is 11.1 Å². The average molecular weight is 477 g/mol. The van der Waals surface area contributed by atoms with Crippen molar-refractivity contribution >= 4 is 18.0 Å². The Morgan fingerprint density at radius 1 is 1.11 bits per heavy atom. The van der Waals surface area contributed by atoms with Gasteiger partial charge in [0.15, 0.2) is 0 Å². The number of rotatable bonds is 10. The van der Waals surface area contributed by atoms with Crippen LogP contribution < -0.4 is 5.32 Å². The number of benzene rings is 2. The van der Waals surface area contributed by atoms with E-state index in [-0.39, 0.29) is 25.5 Å². The highest BCUT2D eigenvalue weighted by molar-refractivity contribution is 5.88. The topological polar surface area (TPSA) is 125 Å². The Labute approximate surface area is 203 Å². The monoisotopic (exact) mass is 476 g/mol. The van der Waals surface area contributed by atoms with Crippen molar-refractivity contribution in [2.24, 2.45) is 0 Å². The standard InChI is InChI=1S/C26H28N4O5/c1-2-11-30(14-24(31)32)25(33)23(12-17-13-27-16-28-17)29-26(34)35-15-22-20-9-5-3-7-18(20)19-8-4-6-10-21(19)22/h3-10,13,16,22-23H,2,11-12,14-15H2,1H3,(H,27,28)(H,29,34)(H,31,32). The van der Waals surface area contributed by atoms with Crippen molar-refractivity contribution in [2.45, 2.75) is 31.7 Å². The molecule has 4 rings (SSSR count). The zero-order valence-electron chi connectivity index (χ0n) is 19.4. The highest BCUT2D eigenvalue weighted by Gasteiger charge is 2.31. The number of imidazole rings is 1. The Balaban J connectivity index is 1.47. The van der Waals surface area contributed by atoms with Crippen molar-refractivity contribution in [3.63, 3.8) is 0 Å². The molecule has 1 atom stereocenters. The molecule has 0 aliphatic heterocycles. The average Bonchev–Trinajstić information content (AvgIpc) is 3.47. The Kier molecular flexibility index (Phi) is 7.45. The van der Waals surface area contributed by atoms with Gasteiger partial charge in [0.1, 0.15) is 19.2 Å². The Morgan fingerprint density at radius 2 is 1.77 bits per heavy atom. The lowest BCUT2D eigenvalue weighted by molar-refractivity contribution is -0.145. The lowest BCUT2D eigenvalue weighted by atomic mass is 9.98. The molecule has 182 valence electrons. The van der Waals surface area contributed by atoms with Gasteiger partial charge in [-0.15, -0.1) is 0 Å². The predicted molar refractivity (Wildman–Crippen MR) is 129 cm³/mol. The summed E-state index contributed by atoms with van der Waals surface area (Å²) in [6.45, 7) is 1.78. The molecule has 3 aromatic rings. The van der Waals surface area contributed by atoms with E-state index in [2.05, 4.69) is 27.4 Å². The number of aromatic nitrogens is 2. The molecule has 35 heavy (non-hydrogen) atoms. The minimum Gasteiger partial charge on any atom is -0.480 e. The Hall–Kier alpha value is -4.14. The fourth-order valence-electron chi connectivity index (χ4n) is 4.52. The third-order valence-electron chi connectivity index (χ3n) is 6.04.